The number of H-pyrrole nitrogens is 1. The van der Waals surface area contributed by atoms with Crippen LogP contribution in [0.3, 0.4) is 0 Å². The van der Waals surface area contributed by atoms with Crippen LogP contribution in [0.15, 0.2) is 24.3 Å². The van der Waals surface area contributed by atoms with Crippen molar-refractivity contribution in [3.63, 3.8) is 0 Å². The molecule has 120 valence electrons. The summed E-state index contributed by atoms with van der Waals surface area (Å²) in [5, 5.41) is 0. The molecular formula is C16H17N3O4. The lowest BCUT2D eigenvalue weighted by molar-refractivity contribution is 0.324. The summed E-state index contributed by atoms with van der Waals surface area (Å²) in [7, 11) is 6.29. The zero-order valence-electron chi connectivity index (χ0n) is 13.3. The monoisotopic (exact) mass is 315 g/mol. The number of imidazole rings is 1. The van der Waals surface area contributed by atoms with Crippen molar-refractivity contribution in [2.75, 3.05) is 28.4 Å². The van der Waals surface area contributed by atoms with Crippen molar-refractivity contribution in [3.05, 3.63) is 24.3 Å². The molecule has 0 atom stereocenters. The number of fused-ring (bicyclic) bond motifs is 1. The molecular weight excluding hydrogens is 298 g/mol. The number of hydrogen-bond donors (Lipinski definition) is 1. The lowest BCUT2D eigenvalue weighted by atomic mass is 10.1. The maximum absolute atomic E-state index is 5.37. The largest absolute Gasteiger partial charge is 0.493 e. The molecule has 0 aliphatic carbocycles. The minimum atomic E-state index is 0.514. The Hall–Kier alpha value is -2.96. The van der Waals surface area contributed by atoms with Crippen molar-refractivity contribution >= 4 is 11.2 Å². The predicted molar refractivity (Wildman–Crippen MR) is 85.5 cm³/mol. The molecule has 0 aliphatic heterocycles. The van der Waals surface area contributed by atoms with E-state index in [9.17, 15) is 0 Å². The zero-order valence-corrected chi connectivity index (χ0v) is 13.3. The Kier molecular flexibility index (Phi) is 3.92. The van der Waals surface area contributed by atoms with Crippen molar-refractivity contribution in [2.45, 2.75) is 0 Å². The fourth-order valence-corrected chi connectivity index (χ4v) is 2.34. The molecule has 0 amide bonds. The van der Waals surface area contributed by atoms with Crippen LogP contribution in [0.2, 0.25) is 0 Å². The van der Waals surface area contributed by atoms with Crippen LogP contribution in [0.1, 0.15) is 0 Å². The molecule has 0 saturated carbocycles. The van der Waals surface area contributed by atoms with E-state index in [1.54, 1.807) is 34.5 Å². The van der Waals surface area contributed by atoms with Gasteiger partial charge in [-0.3, -0.25) is 0 Å². The first kappa shape index (κ1) is 15.0. The fourth-order valence-electron chi connectivity index (χ4n) is 2.34. The van der Waals surface area contributed by atoms with Crippen LogP contribution in [0.4, 0.5) is 0 Å². The maximum atomic E-state index is 5.37. The molecule has 0 aliphatic rings. The van der Waals surface area contributed by atoms with Crippen LogP contribution in [0, 0.1) is 0 Å². The predicted octanol–water partition coefficient (Wildman–Crippen LogP) is 2.66. The third kappa shape index (κ3) is 2.61. The minimum absolute atomic E-state index is 0.514. The van der Waals surface area contributed by atoms with Crippen LogP contribution >= 0.6 is 0 Å². The van der Waals surface area contributed by atoms with Crippen LogP contribution in [0.5, 0.6) is 23.1 Å². The van der Waals surface area contributed by atoms with Crippen LogP contribution in [-0.2, 0) is 0 Å². The van der Waals surface area contributed by atoms with Crippen LogP contribution in [0.25, 0.3) is 22.6 Å². The second kappa shape index (κ2) is 6.04. The van der Waals surface area contributed by atoms with Gasteiger partial charge in [-0.05, 0) is 18.2 Å². The number of ether oxygens (including phenoxy) is 4. The van der Waals surface area contributed by atoms with E-state index in [-0.39, 0.29) is 0 Å². The molecule has 7 nitrogen and oxygen atoms in total. The molecule has 2 heterocycles. The van der Waals surface area contributed by atoms with E-state index in [0.29, 0.717) is 34.6 Å². The summed E-state index contributed by atoms with van der Waals surface area (Å²) in [6.07, 6.45) is 0. The molecule has 1 N–H and O–H groups in total. The van der Waals surface area contributed by atoms with Crippen molar-refractivity contribution in [3.8, 4) is 34.5 Å². The SMILES string of the molecule is COc1ccc2[nH]c(-c3cc(OC)c(OC)c(OC)c3)nc2n1. The highest BCUT2D eigenvalue weighted by atomic mass is 16.5. The van der Waals surface area contributed by atoms with E-state index in [1.165, 1.54) is 0 Å². The Morgan fingerprint density at radius 1 is 0.826 bits per heavy atom. The van der Waals surface area contributed by atoms with Crippen LogP contribution < -0.4 is 18.9 Å². The molecule has 2 aromatic heterocycles. The molecule has 23 heavy (non-hydrogen) atoms. The van der Waals surface area contributed by atoms with Crippen molar-refractivity contribution in [2.24, 2.45) is 0 Å². The first-order valence-electron chi connectivity index (χ1n) is 6.91. The van der Waals surface area contributed by atoms with E-state index in [4.69, 9.17) is 18.9 Å². The molecule has 0 saturated heterocycles. The van der Waals surface area contributed by atoms with Crippen molar-refractivity contribution in [1.29, 1.82) is 0 Å². The second-order valence-corrected chi connectivity index (χ2v) is 4.72. The highest BCUT2D eigenvalue weighted by Gasteiger charge is 2.16. The minimum Gasteiger partial charge on any atom is -0.493 e. The van der Waals surface area contributed by atoms with Gasteiger partial charge in [-0.25, -0.2) is 4.98 Å². The summed E-state index contributed by atoms with van der Waals surface area (Å²) >= 11 is 0. The Morgan fingerprint density at radius 3 is 2.09 bits per heavy atom. The third-order valence-corrected chi connectivity index (χ3v) is 3.47. The molecule has 0 fully saturated rings. The molecule has 3 aromatic rings. The Labute approximate surface area is 133 Å². The van der Waals surface area contributed by atoms with Gasteiger partial charge in [-0.15, -0.1) is 0 Å². The highest BCUT2D eigenvalue weighted by molar-refractivity contribution is 5.78. The number of benzene rings is 1. The van der Waals surface area contributed by atoms with E-state index < -0.39 is 0 Å². The van der Waals surface area contributed by atoms with Gasteiger partial charge in [0.15, 0.2) is 17.1 Å². The third-order valence-electron chi connectivity index (χ3n) is 3.47. The number of nitrogens with zero attached hydrogens (tertiary/aromatic N) is 2. The lowest BCUT2D eigenvalue weighted by Gasteiger charge is -2.13. The number of pyridine rings is 1. The van der Waals surface area contributed by atoms with Gasteiger partial charge >= 0.3 is 0 Å². The highest BCUT2D eigenvalue weighted by Crippen LogP contribution is 2.40. The van der Waals surface area contributed by atoms with Gasteiger partial charge in [0.25, 0.3) is 0 Å². The molecule has 0 bridgehead atoms. The standard InChI is InChI=1S/C16H17N3O4/c1-20-11-7-9(8-12(21-2)14(11)23-4)15-17-10-5-6-13(22-3)18-16(10)19-15/h5-8H,1-4H3,(H,17,18,19). The van der Waals surface area contributed by atoms with Gasteiger partial charge < -0.3 is 23.9 Å². The van der Waals surface area contributed by atoms with E-state index in [0.717, 1.165) is 11.1 Å². The Morgan fingerprint density at radius 2 is 1.52 bits per heavy atom. The molecule has 1 aromatic carbocycles. The summed E-state index contributed by atoms with van der Waals surface area (Å²) in [5.74, 6) is 2.83. The summed E-state index contributed by atoms with van der Waals surface area (Å²) in [6.45, 7) is 0. The quantitative estimate of drug-likeness (QED) is 0.780. The van der Waals surface area contributed by atoms with Gasteiger partial charge in [0.2, 0.25) is 11.6 Å². The van der Waals surface area contributed by atoms with Crippen LogP contribution in [-0.4, -0.2) is 43.4 Å². The normalized spacial score (nSPS) is 10.6. The van der Waals surface area contributed by atoms with E-state index >= 15 is 0 Å². The number of hydrogen-bond acceptors (Lipinski definition) is 6. The molecule has 0 radical (unpaired) electrons. The van der Waals surface area contributed by atoms with Gasteiger partial charge in [0, 0.05) is 11.6 Å². The summed E-state index contributed by atoms with van der Waals surface area (Å²) < 4.78 is 21.2. The molecule has 0 unspecified atom stereocenters. The second-order valence-electron chi connectivity index (χ2n) is 4.72. The topological polar surface area (TPSA) is 78.5 Å². The van der Waals surface area contributed by atoms with Gasteiger partial charge in [0.1, 0.15) is 5.82 Å². The number of nitrogens with one attached hydrogen (secondary N) is 1. The smallest absolute Gasteiger partial charge is 0.215 e. The summed E-state index contributed by atoms with van der Waals surface area (Å²) in [4.78, 5) is 12.0. The van der Waals surface area contributed by atoms with Crippen molar-refractivity contribution in [1.82, 2.24) is 15.0 Å². The van der Waals surface area contributed by atoms with Gasteiger partial charge in [0.05, 0.1) is 34.0 Å². The summed E-state index contributed by atoms with van der Waals surface area (Å²) in [6, 6.07) is 7.31. The summed E-state index contributed by atoms with van der Waals surface area (Å²) in [5.41, 5.74) is 2.19. The van der Waals surface area contributed by atoms with Gasteiger partial charge in [-0.1, -0.05) is 0 Å². The number of aromatic nitrogens is 3. The Bertz CT molecular complexity index is 819. The first-order valence-corrected chi connectivity index (χ1v) is 6.91. The van der Waals surface area contributed by atoms with E-state index in [1.807, 2.05) is 18.2 Å². The average Bonchev–Trinajstić information content (AvgIpc) is 3.03. The molecule has 0 spiro atoms. The zero-order chi connectivity index (χ0) is 16.4. The first-order chi connectivity index (χ1) is 11.2. The fraction of sp³-hybridized carbons (Fsp3) is 0.250. The lowest BCUT2D eigenvalue weighted by Crippen LogP contribution is -1.96. The number of aromatic amines is 1. The van der Waals surface area contributed by atoms with E-state index in [2.05, 4.69) is 15.0 Å². The number of rotatable bonds is 5. The van der Waals surface area contributed by atoms with Crippen molar-refractivity contribution < 1.29 is 18.9 Å². The number of methoxy groups -OCH3 is 4. The average molecular weight is 315 g/mol. The molecule has 3 rings (SSSR count). The Balaban J connectivity index is 2.14. The maximum Gasteiger partial charge on any atom is 0.215 e. The van der Waals surface area contributed by atoms with Gasteiger partial charge in [-0.2, -0.15) is 4.98 Å². The molecule has 7 heteroatoms.